The molecule has 1 amide bonds. The van der Waals surface area contributed by atoms with Gasteiger partial charge in [0.25, 0.3) is 0 Å². The minimum atomic E-state index is 0.0484. The molecule has 1 aromatic rings. The molecule has 4 nitrogen and oxygen atoms in total. The van der Waals surface area contributed by atoms with Crippen LogP contribution in [0.3, 0.4) is 0 Å². The molecule has 0 aliphatic carbocycles. The SMILES string of the molecule is CCNC(=O)CNCCc1ccncc1. The first-order chi connectivity index (χ1) is 7.33. The quantitative estimate of drug-likeness (QED) is 0.662. The summed E-state index contributed by atoms with van der Waals surface area (Å²) in [4.78, 5) is 15.0. The number of pyridine rings is 1. The number of hydrogen-bond acceptors (Lipinski definition) is 3. The molecule has 1 aromatic heterocycles. The molecular weight excluding hydrogens is 190 g/mol. The first-order valence-electron chi connectivity index (χ1n) is 5.19. The van der Waals surface area contributed by atoms with Crippen LogP contribution in [0.25, 0.3) is 0 Å². The highest BCUT2D eigenvalue weighted by molar-refractivity contribution is 5.77. The van der Waals surface area contributed by atoms with E-state index in [0.717, 1.165) is 13.0 Å². The molecule has 2 N–H and O–H groups in total. The number of rotatable bonds is 6. The Balaban J connectivity index is 2.10. The van der Waals surface area contributed by atoms with Crippen molar-refractivity contribution in [3.8, 4) is 0 Å². The Morgan fingerprint density at radius 2 is 2.13 bits per heavy atom. The Kier molecular flexibility index (Phi) is 5.40. The van der Waals surface area contributed by atoms with Crippen LogP contribution in [0.1, 0.15) is 12.5 Å². The molecule has 0 unspecified atom stereocenters. The van der Waals surface area contributed by atoms with Crippen LogP contribution in [0.4, 0.5) is 0 Å². The lowest BCUT2D eigenvalue weighted by molar-refractivity contribution is -0.120. The molecule has 0 aliphatic heterocycles. The number of nitrogens with zero attached hydrogens (tertiary/aromatic N) is 1. The first-order valence-corrected chi connectivity index (χ1v) is 5.19. The number of amides is 1. The van der Waals surface area contributed by atoms with Crippen molar-refractivity contribution in [2.24, 2.45) is 0 Å². The van der Waals surface area contributed by atoms with Crippen LogP contribution in [0.15, 0.2) is 24.5 Å². The third-order valence-corrected chi connectivity index (χ3v) is 2.00. The van der Waals surface area contributed by atoms with Gasteiger partial charge >= 0.3 is 0 Å². The Bertz CT molecular complexity index is 287. The largest absolute Gasteiger partial charge is 0.355 e. The van der Waals surface area contributed by atoms with Gasteiger partial charge in [-0.25, -0.2) is 0 Å². The van der Waals surface area contributed by atoms with Crippen LogP contribution in [-0.2, 0) is 11.2 Å². The lowest BCUT2D eigenvalue weighted by Crippen LogP contribution is -2.34. The second-order valence-corrected chi connectivity index (χ2v) is 3.24. The number of likely N-dealkylation sites (N-methyl/N-ethyl adjacent to an activating group) is 1. The van der Waals surface area contributed by atoms with E-state index in [1.54, 1.807) is 12.4 Å². The smallest absolute Gasteiger partial charge is 0.233 e. The standard InChI is InChI=1S/C11H17N3O/c1-2-14-11(15)9-13-8-5-10-3-6-12-7-4-10/h3-4,6-7,13H,2,5,8-9H2,1H3,(H,14,15). The van der Waals surface area contributed by atoms with Gasteiger partial charge in [0.05, 0.1) is 6.54 Å². The second-order valence-electron chi connectivity index (χ2n) is 3.24. The Labute approximate surface area is 90.1 Å². The van der Waals surface area contributed by atoms with E-state index in [0.29, 0.717) is 13.1 Å². The highest BCUT2D eigenvalue weighted by Gasteiger charge is 1.97. The lowest BCUT2D eigenvalue weighted by Gasteiger charge is -2.04. The van der Waals surface area contributed by atoms with Gasteiger partial charge in [-0.15, -0.1) is 0 Å². The number of aromatic nitrogens is 1. The fraction of sp³-hybridized carbons (Fsp3) is 0.455. The fourth-order valence-corrected chi connectivity index (χ4v) is 1.24. The van der Waals surface area contributed by atoms with Gasteiger partial charge in [0.1, 0.15) is 0 Å². The van der Waals surface area contributed by atoms with Gasteiger partial charge in [0.2, 0.25) is 5.91 Å². The molecule has 1 rings (SSSR count). The van der Waals surface area contributed by atoms with Crippen molar-refractivity contribution in [1.29, 1.82) is 0 Å². The van der Waals surface area contributed by atoms with Gasteiger partial charge in [-0.1, -0.05) is 0 Å². The molecule has 0 atom stereocenters. The fourth-order valence-electron chi connectivity index (χ4n) is 1.24. The van der Waals surface area contributed by atoms with E-state index in [1.165, 1.54) is 5.56 Å². The maximum atomic E-state index is 11.1. The Morgan fingerprint density at radius 1 is 1.40 bits per heavy atom. The summed E-state index contributed by atoms with van der Waals surface area (Å²) in [6, 6.07) is 3.96. The number of carbonyl (C=O) groups excluding carboxylic acids is 1. The zero-order valence-electron chi connectivity index (χ0n) is 8.99. The van der Waals surface area contributed by atoms with Crippen molar-refractivity contribution in [1.82, 2.24) is 15.6 Å². The second kappa shape index (κ2) is 6.95. The summed E-state index contributed by atoms with van der Waals surface area (Å²) in [5.74, 6) is 0.0484. The Morgan fingerprint density at radius 3 is 2.80 bits per heavy atom. The van der Waals surface area contributed by atoms with E-state index in [2.05, 4.69) is 15.6 Å². The van der Waals surface area contributed by atoms with E-state index in [1.807, 2.05) is 19.1 Å². The van der Waals surface area contributed by atoms with Crippen molar-refractivity contribution in [3.05, 3.63) is 30.1 Å². The lowest BCUT2D eigenvalue weighted by atomic mass is 10.2. The normalized spacial score (nSPS) is 9.93. The number of carbonyl (C=O) groups is 1. The third kappa shape index (κ3) is 5.12. The summed E-state index contributed by atoms with van der Waals surface area (Å²) in [7, 11) is 0. The van der Waals surface area contributed by atoms with E-state index >= 15 is 0 Å². The van der Waals surface area contributed by atoms with E-state index < -0.39 is 0 Å². The van der Waals surface area contributed by atoms with Crippen molar-refractivity contribution in [2.45, 2.75) is 13.3 Å². The minimum Gasteiger partial charge on any atom is -0.355 e. The molecule has 0 bridgehead atoms. The minimum absolute atomic E-state index is 0.0484. The van der Waals surface area contributed by atoms with Crippen LogP contribution in [0, 0.1) is 0 Å². The zero-order valence-corrected chi connectivity index (χ0v) is 8.99. The molecule has 15 heavy (non-hydrogen) atoms. The highest BCUT2D eigenvalue weighted by atomic mass is 16.1. The van der Waals surface area contributed by atoms with Crippen molar-refractivity contribution in [2.75, 3.05) is 19.6 Å². The summed E-state index contributed by atoms with van der Waals surface area (Å²) >= 11 is 0. The average Bonchev–Trinajstić information content (AvgIpc) is 2.26. The van der Waals surface area contributed by atoms with Gasteiger partial charge in [-0.3, -0.25) is 9.78 Å². The van der Waals surface area contributed by atoms with Crippen LogP contribution in [0.2, 0.25) is 0 Å². The number of nitrogens with one attached hydrogen (secondary N) is 2. The molecule has 4 heteroatoms. The third-order valence-electron chi connectivity index (χ3n) is 2.00. The van der Waals surface area contributed by atoms with Crippen molar-refractivity contribution >= 4 is 5.91 Å². The Hall–Kier alpha value is -1.42. The molecule has 0 saturated carbocycles. The van der Waals surface area contributed by atoms with E-state index in [4.69, 9.17) is 0 Å². The first kappa shape index (κ1) is 11.7. The van der Waals surface area contributed by atoms with Gasteiger partial charge in [0.15, 0.2) is 0 Å². The van der Waals surface area contributed by atoms with E-state index in [9.17, 15) is 4.79 Å². The summed E-state index contributed by atoms with van der Waals surface area (Å²) in [6.07, 6.45) is 4.47. The molecule has 0 saturated heterocycles. The van der Waals surface area contributed by atoms with Crippen LogP contribution in [-0.4, -0.2) is 30.5 Å². The molecule has 0 aromatic carbocycles. The summed E-state index contributed by atoms with van der Waals surface area (Å²) in [5, 5.41) is 5.82. The van der Waals surface area contributed by atoms with Gasteiger partial charge < -0.3 is 10.6 Å². The van der Waals surface area contributed by atoms with Crippen LogP contribution < -0.4 is 10.6 Å². The van der Waals surface area contributed by atoms with Gasteiger partial charge in [0, 0.05) is 18.9 Å². The topological polar surface area (TPSA) is 54.0 Å². The van der Waals surface area contributed by atoms with Crippen molar-refractivity contribution in [3.63, 3.8) is 0 Å². The zero-order chi connectivity index (χ0) is 10.9. The predicted octanol–water partition coefficient (Wildman–Crippen LogP) is 0.350. The molecule has 1 heterocycles. The molecular formula is C11H17N3O. The molecule has 0 fully saturated rings. The average molecular weight is 207 g/mol. The molecule has 0 radical (unpaired) electrons. The summed E-state index contributed by atoms with van der Waals surface area (Å²) < 4.78 is 0. The highest BCUT2D eigenvalue weighted by Crippen LogP contribution is 1.95. The van der Waals surface area contributed by atoms with E-state index in [-0.39, 0.29) is 5.91 Å². The van der Waals surface area contributed by atoms with Crippen LogP contribution >= 0.6 is 0 Å². The molecule has 0 aliphatic rings. The monoisotopic (exact) mass is 207 g/mol. The summed E-state index contributed by atoms with van der Waals surface area (Å²) in [5.41, 5.74) is 1.23. The molecule has 0 spiro atoms. The predicted molar refractivity (Wildman–Crippen MR) is 59.5 cm³/mol. The number of hydrogen-bond donors (Lipinski definition) is 2. The van der Waals surface area contributed by atoms with Gasteiger partial charge in [-0.2, -0.15) is 0 Å². The maximum Gasteiger partial charge on any atom is 0.233 e. The van der Waals surface area contributed by atoms with Gasteiger partial charge in [-0.05, 0) is 37.6 Å². The van der Waals surface area contributed by atoms with Crippen LogP contribution in [0.5, 0.6) is 0 Å². The summed E-state index contributed by atoms with van der Waals surface area (Å²) in [6.45, 7) is 3.79. The molecule has 82 valence electrons. The van der Waals surface area contributed by atoms with Crippen molar-refractivity contribution < 1.29 is 4.79 Å². The maximum absolute atomic E-state index is 11.1.